The first-order valence-corrected chi connectivity index (χ1v) is 9.96. The van der Waals surface area contributed by atoms with Crippen LogP contribution in [0.5, 0.6) is 5.75 Å². The van der Waals surface area contributed by atoms with Crippen molar-refractivity contribution in [1.82, 2.24) is 4.90 Å². The Hall–Kier alpha value is -1.27. The van der Waals surface area contributed by atoms with Crippen LogP contribution in [0.4, 0.5) is 0 Å². The lowest BCUT2D eigenvalue weighted by molar-refractivity contribution is -0.135. The van der Waals surface area contributed by atoms with Gasteiger partial charge in [-0.15, -0.1) is 0 Å². The van der Waals surface area contributed by atoms with Gasteiger partial charge in [-0.1, -0.05) is 11.6 Å². The number of halogens is 1. The minimum absolute atomic E-state index is 0.0739. The zero-order valence-corrected chi connectivity index (χ0v) is 14.6. The molecule has 0 aromatic heterocycles. The van der Waals surface area contributed by atoms with Crippen molar-refractivity contribution >= 4 is 27.3 Å². The van der Waals surface area contributed by atoms with Crippen LogP contribution in [-0.2, 0) is 14.6 Å². The van der Waals surface area contributed by atoms with Gasteiger partial charge in [0.15, 0.2) is 16.4 Å². The van der Waals surface area contributed by atoms with Crippen LogP contribution in [0.15, 0.2) is 18.2 Å². The first-order valence-electron chi connectivity index (χ1n) is 7.76. The summed E-state index contributed by atoms with van der Waals surface area (Å²) in [5, 5.41) is 0.622. The van der Waals surface area contributed by atoms with Gasteiger partial charge in [-0.25, -0.2) is 8.42 Å². The normalized spacial score (nSPS) is 22.8. The quantitative estimate of drug-likeness (QED) is 0.810. The van der Waals surface area contributed by atoms with Gasteiger partial charge in [-0.3, -0.25) is 4.79 Å². The molecule has 1 amide bonds. The van der Waals surface area contributed by atoms with Gasteiger partial charge >= 0.3 is 0 Å². The molecule has 1 aliphatic carbocycles. The highest BCUT2D eigenvalue weighted by Gasteiger charge is 2.42. The number of carbonyl (C=O) groups is 1. The minimum Gasteiger partial charge on any atom is -0.483 e. The van der Waals surface area contributed by atoms with Gasteiger partial charge < -0.3 is 9.64 Å². The lowest BCUT2D eigenvalue weighted by Crippen LogP contribution is -2.45. The topological polar surface area (TPSA) is 63.7 Å². The average Bonchev–Trinajstić information content (AvgIpc) is 3.22. The van der Waals surface area contributed by atoms with Gasteiger partial charge in [-0.05, 0) is 49.9 Å². The summed E-state index contributed by atoms with van der Waals surface area (Å²) in [5.74, 6) is 0.738. The van der Waals surface area contributed by atoms with Gasteiger partial charge in [-0.2, -0.15) is 0 Å². The van der Waals surface area contributed by atoms with Gasteiger partial charge in [0.2, 0.25) is 0 Å². The van der Waals surface area contributed by atoms with Gasteiger partial charge in [0.25, 0.3) is 5.91 Å². The maximum atomic E-state index is 12.6. The van der Waals surface area contributed by atoms with E-state index in [2.05, 4.69) is 0 Å². The predicted octanol–water partition coefficient (Wildman–Crippen LogP) is 2.21. The second-order valence-electron chi connectivity index (χ2n) is 6.29. The first-order chi connectivity index (χ1) is 10.9. The molecule has 1 aliphatic heterocycles. The Labute approximate surface area is 141 Å². The molecule has 7 heteroatoms. The molecule has 1 aromatic carbocycles. The first kappa shape index (κ1) is 16.6. The van der Waals surface area contributed by atoms with Crippen LogP contribution in [0.25, 0.3) is 0 Å². The molecule has 0 radical (unpaired) electrons. The van der Waals surface area contributed by atoms with E-state index in [1.54, 1.807) is 23.1 Å². The van der Waals surface area contributed by atoms with Crippen molar-refractivity contribution < 1.29 is 17.9 Å². The summed E-state index contributed by atoms with van der Waals surface area (Å²) < 4.78 is 29.0. The Morgan fingerprint density at radius 1 is 1.30 bits per heavy atom. The van der Waals surface area contributed by atoms with Crippen LogP contribution in [0.3, 0.4) is 0 Å². The maximum absolute atomic E-state index is 12.6. The molecule has 2 aliphatic rings. The molecule has 1 saturated heterocycles. The summed E-state index contributed by atoms with van der Waals surface area (Å²) in [6, 6.07) is 5.22. The SMILES string of the molecule is Cc1cc(Cl)ccc1OCC(=O)N(C1CC1)[C@@H]1CCS(=O)(=O)C1. The minimum atomic E-state index is -3.01. The van der Waals surface area contributed by atoms with Crippen molar-refractivity contribution in [3.63, 3.8) is 0 Å². The number of aryl methyl sites for hydroxylation is 1. The Kier molecular flexibility index (Phi) is 4.56. The number of hydrogen-bond acceptors (Lipinski definition) is 4. The van der Waals surface area contributed by atoms with Crippen LogP contribution in [0.2, 0.25) is 5.02 Å². The predicted molar refractivity (Wildman–Crippen MR) is 88.6 cm³/mol. The average molecular weight is 358 g/mol. The molecule has 1 aromatic rings. The summed E-state index contributed by atoms with van der Waals surface area (Å²) in [7, 11) is -3.01. The summed E-state index contributed by atoms with van der Waals surface area (Å²) >= 11 is 5.91. The number of ether oxygens (including phenoxy) is 1. The number of nitrogens with zero attached hydrogens (tertiary/aromatic N) is 1. The van der Waals surface area contributed by atoms with Crippen LogP contribution in [-0.4, -0.2) is 49.4 Å². The number of sulfone groups is 1. The van der Waals surface area contributed by atoms with E-state index in [0.29, 0.717) is 17.2 Å². The maximum Gasteiger partial charge on any atom is 0.261 e. The van der Waals surface area contributed by atoms with E-state index < -0.39 is 9.84 Å². The van der Waals surface area contributed by atoms with Gasteiger partial charge in [0, 0.05) is 17.1 Å². The van der Waals surface area contributed by atoms with E-state index in [9.17, 15) is 13.2 Å². The third-order valence-electron chi connectivity index (χ3n) is 4.32. The van der Waals surface area contributed by atoms with E-state index in [-0.39, 0.29) is 36.1 Å². The summed E-state index contributed by atoms with van der Waals surface area (Å²) in [6.45, 7) is 1.80. The van der Waals surface area contributed by atoms with E-state index in [1.165, 1.54) is 0 Å². The summed E-state index contributed by atoms with van der Waals surface area (Å²) in [6.07, 6.45) is 2.43. The Morgan fingerprint density at radius 2 is 2.04 bits per heavy atom. The molecular formula is C16H20ClNO4S. The molecule has 0 spiro atoms. The lowest BCUT2D eigenvalue weighted by atomic mass is 10.2. The molecule has 5 nitrogen and oxygen atoms in total. The molecule has 0 N–H and O–H groups in total. The number of hydrogen-bond donors (Lipinski definition) is 0. The Morgan fingerprint density at radius 3 is 2.61 bits per heavy atom. The third-order valence-corrected chi connectivity index (χ3v) is 6.30. The number of benzene rings is 1. The molecular weight excluding hydrogens is 338 g/mol. The summed E-state index contributed by atoms with van der Waals surface area (Å²) in [4.78, 5) is 14.3. The van der Waals surface area contributed by atoms with Gasteiger partial charge in [0.05, 0.1) is 11.5 Å². The van der Waals surface area contributed by atoms with E-state index in [1.807, 2.05) is 6.92 Å². The standard InChI is InChI=1S/C16H20ClNO4S/c1-11-8-12(17)2-5-15(11)22-9-16(19)18(13-3-4-13)14-6-7-23(20,21)10-14/h2,5,8,13-14H,3-4,6-7,9-10H2,1H3/t14-/m1/s1. The molecule has 126 valence electrons. The zero-order chi connectivity index (χ0) is 16.6. The monoisotopic (exact) mass is 357 g/mol. The molecule has 23 heavy (non-hydrogen) atoms. The highest BCUT2D eigenvalue weighted by Crippen LogP contribution is 2.32. The molecule has 1 saturated carbocycles. The highest BCUT2D eigenvalue weighted by atomic mass is 35.5. The fourth-order valence-corrected chi connectivity index (χ4v) is 4.98. The van der Waals surface area contributed by atoms with Crippen LogP contribution >= 0.6 is 11.6 Å². The largest absolute Gasteiger partial charge is 0.483 e. The van der Waals surface area contributed by atoms with Gasteiger partial charge in [0.1, 0.15) is 5.75 Å². The lowest BCUT2D eigenvalue weighted by Gasteiger charge is -2.28. The number of rotatable bonds is 5. The Balaban J connectivity index is 1.65. The highest BCUT2D eigenvalue weighted by molar-refractivity contribution is 7.91. The van der Waals surface area contributed by atoms with Crippen molar-refractivity contribution in [1.29, 1.82) is 0 Å². The van der Waals surface area contributed by atoms with Crippen molar-refractivity contribution in [2.75, 3.05) is 18.1 Å². The second-order valence-corrected chi connectivity index (χ2v) is 8.95. The molecule has 1 heterocycles. The Bertz CT molecular complexity index is 715. The van der Waals surface area contributed by atoms with Crippen molar-refractivity contribution in [2.24, 2.45) is 0 Å². The van der Waals surface area contributed by atoms with Crippen molar-refractivity contribution in [3.05, 3.63) is 28.8 Å². The molecule has 1 atom stereocenters. The number of carbonyl (C=O) groups excluding carboxylic acids is 1. The second kappa shape index (κ2) is 6.32. The number of amides is 1. The molecule has 0 bridgehead atoms. The summed E-state index contributed by atoms with van der Waals surface area (Å²) in [5.41, 5.74) is 0.867. The molecule has 0 unspecified atom stereocenters. The smallest absolute Gasteiger partial charge is 0.261 e. The zero-order valence-electron chi connectivity index (χ0n) is 13.0. The third kappa shape index (κ3) is 3.98. The van der Waals surface area contributed by atoms with Crippen LogP contribution < -0.4 is 4.74 Å². The van der Waals surface area contributed by atoms with Crippen molar-refractivity contribution in [2.45, 2.75) is 38.3 Å². The fourth-order valence-electron chi connectivity index (χ4n) is 3.04. The van der Waals surface area contributed by atoms with E-state index in [4.69, 9.17) is 16.3 Å². The van der Waals surface area contributed by atoms with Crippen LogP contribution in [0, 0.1) is 6.92 Å². The van der Waals surface area contributed by atoms with Crippen LogP contribution in [0.1, 0.15) is 24.8 Å². The van der Waals surface area contributed by atoms with E-state index >= 15 is 0 Å². The molecule has 3 rings (SSSR count). The van der Waals surface area contributed by atoms with E-state index in [0.717, 1.165) is 18.4 Å². The fraction of sp³-hybridized carbons (Fsp3) is 0.562. The van der Waals surface area contributed by atoms with Crippen molar-refractivity contribution in [3.8, 4) is 5.75 Å². The molecule has 2 fully saturated rings.